The molecule has 0 aliphatic carbocycles. The summed E-state index contributed by atoms with van der Waals surface area (Å²) in [4.78, 5) is 1.69. The molecule has 0 saturated carbocycles. The van der Waals surface area contributed by atoms with Crippen LogP contribution in [0.5, 0.6) is 5.75 Å². The Morgan fingerprint density at radius 3 is 2.71 bits per heavy atom. The lowest BCUT2D eigenvalue weighted by atomic mass is 10.3. The van der Waals surface area contributed by atoms with Crippen LogP contribution in [0.25, 0.3) is 0 Å². The number of hydrogen-bond acceptors (Lipinski definition) is 4. The molecule has 0 radical (unpaired) electrons. The highest BCUT2D eigenvalue weighted by Crippen LogP contribution is 2.11. The van der Waals surface area contributed by atoms with Crippen molar-refractivity contribution in [3.63, 3.8) is 0 Å². The van der Waals surface area contributed by atoms with Gasteiger partial charge >= 0.3 is 0 Å². The average molecular weight is 238 g/mol. The molecule has 1 atom stereocenters. The highest BCUT2D eigenvalue weighted by molar-refractivity contribution is 5.22. The zero-order valence-corrected chi connectivity index (χ0v) is 9.64. The van der Waals surface area contributed by atoms with Crippen LogP contribution < -0.4 is 4.74 Å². The Kier molecular flexibility index (Phi) is 5.40. The summed E-state index contributed by atoms with van der Waals surface area (Å²) in [7, 11) is 1.74. The first-order valence-corrected chi connectivity index (χ1v) is 5.23. The monoisotopic (exact) mass is 238 g/mol. The van der Waals surface area contributed by atoms with Gasteiger partial charge in [0.25, 0.3) is 0 Å². The standard InChI is InChI=1S/C12H15FN2O2/c1-15(7-6-14)8-11(16)9-17-12-4-2-10(13)3-5-12/h2-5,11,16H,7-9H2,1H3. The van der Waals surface area contributed by atoms with Crippen molar-refractivity contribution in [2.45, 2.75) is 6.10 Å². The molecule has 1 N–H and O–H groups in total. The molecule has 0 heterocycles. The largest absolute Gasteiger partial charge is 0.491 e. The zero-order chi connectivity index (χ0) is 12.7. The Morgan fingerprint density at radius 2 is 2.12 bits per heavy atom. The van der Waals surface area contributed by atoms with Crippen molar-refractivity contribution in [2.75, 3.05) is 26.7 Å². The lowest BCUT2D eigenvalue weighted by Gasteiger charge is -2.18. The van der Waals surface area contributed by atoms with Crippen LogP contribution in [0.3, 0.4) is 0 Å². The second kappa shape index (κ2) is 6.84. The van der Waals surface area contributed by atoms with Crippen LogP contribution in [0, 0.1) is 17.1 Å². The first-order valence-electron chi connectivity index (χ1n) is 5.23. The lowest BCUT2D eigenvalue weighted by molar-refractivity contribution is 0.0799. The van der Waals surface area contributed by atoms with Gasteiger partial charge in [-0.25, -0.2) is 4.39 Å². The van der Waals surface area contributed by atoms with Crippen molar-refractivity contribution in [2.24, 2.45) is 0 Å². The molecule has 1 aromatic carbocycles. The van der Waals surface area contributed by atoms with Gasteiger partial charge in [0.05, 0.1) is 12.6 Å². The fraction of sp³-hybridized carbons (Fsp3) is 0.417. The van der Waals surface area contributed by atoms with Gasteiger partial charge in [0.2, 0.25) is 0 Å². The Bertz CT molecular complexity index is 375. The molecule has 0 aliphatic heterocycles. The van der Waals surface area contributed by atoms with E-state index in [9.17, 15) is 9.50 Å². The lowest BCUT2D eigenvalue weighted by Crippen LogP contribution is -2.33. The SMILES string of the molecule is CN(CC#N)CC(O)COc1ccc(F)cc1. The highest BCUT2D eigenvalue weighted by Gasteiger charge is 2.08. The smallest absolute Gasteiger partial charge is 0.123 e. The molecular formula is C12H15FN2O2. The molecule has 0 bridgehead atoms. The first kappa shape index (κ1) is 13.4. The quantitative estimate of drug-likeness (QED) is 0.752. The van der Waals surface area contributed by atoms with Gasteiger partial charge in [0.15, 0.2) is 0 Å². The van der Waals surface area contributed by atoms with Gasteiger partial charge in [0.1, 0.15) is 24.3 Å². The van der Waals surface area contributed by atoms with Gasteiger partial charge in [-0.15, -0.1) is 0 Å². The maximum atomic E-state index is 12.6. The molecule has 5 heteroatoms. The molecule has 92 valence electrons. The Labute approximate surface area is 99.8 Å². The van der Waals surface area contributed by atoms with Crippen LogP contribution in [0.4, 0.5) is 4.39 Å². The fourth-order valence-corrected chi connectivity index (χ4v) is 1.32. The predicted octanol–water partition coefficient (Wildman–Crippen LogP) is 1.02. The van der Waals surface area contributed by atoms with Gasteiger partial charge in [-0.3, -0.25) is 4.90 Å². The van der Waals surface area contributed by atoms with Crippen LogP contribution in [0.15, 0.2) is 24.3 Å². The number of nitrogens with zero attached hydrogens (tertiary/aromatic N) is 2. The second-order valence-electron chi connectivity index (χ2n) is 3.77. The zero-order valence-electron chi connectivity index (χ0n) is 9.64. The van der Waals surface area contributed by atoms with Gasteiger partial charge in [-0.1, -0.05) is 0 Å². The van der Waals surface area contributed by atoms with Gasteiger partial charge in [-0.2, -0.15) is 5.26 Å². The number of nitriles is 1. The normalized spacial score (nSPS) is 12.2. The van der Waals surface area contributed by atoms with Crippen LogP contribution in [0.1, 0.15) is 0 Å². The number of ether oxygens (including phenoxy) is 1. The predicted molar refractivity (Wildman–Crippen MR) is 61.0 cm³/mol. The van der Waals surface area contributed by atoms with E-state index >= 15 is 0 Å². The minimum absolute atomic E-state index is 0.113. The van der Waals surface area contributed by atoms with Crippen LogP contribution in [0.2, 0.25) is 0 Å². The summed E-state index contributed by atoms with van der Waals surface area (Å²) in [6.45, 7) is 0.726. The van der Waals surface area contributed by atoms with Gasteiger partial charge in [0, 0.05) is 6.54 Å². The summed E-state index contributed by atoms with van der Waals surface area (Å²) in [5, 5.41) is 18.1. The van der Waals surface area contributed by atoms with E-state index in [1.165, 1.54) is 24.3 Å². The van der Waals surface area contributed by atoms with E-state index in [1.807, 2.05) is 6.07 Å². The van der Waals surface area contributed by atoms with Crippen molar-refractivity contribution < 1.29 is 14.2 Å². The number of hydrogen-bond donors (Lipinski definition) is 1. The summed E-state index contributed by atoms with van der Waals surface area (Å²) in [6.07, 6.45) is -0.682. The summed E-state index contributed by atoms with van der Waals surface area (Å²) in [5.41, 5.74) is 0. The summed E-state index contributed by atoms with van der Waals surface area (Å²) >= 11 is 0. The van der Waals surface area contributed by atoms with Crippen molar-refractivity contribution in [1.29, 1.82) is 5.26 Å². The minimum atomic E-state index is -0.682. The van der Waals surface area contributed by atoms with Crippen LogP contribution in [-0.2, 0) is 0 Å². The fourth-order valence-electron chi connectivity index (χ4n) is 1.32. The van der Waals surface area contributed by atoms with Crippen molar-refractivity contribution in [1.82, 2.24) is 4.90 Å². The van der Waals surface area contributed by atoms with Crippen LogP contribution in [-0.4, -0.2) is 42.9 Å². The Hall–Kier alpha value is -1.64. The van der Waals surface area contributed by atoms with Crippen molar-refractivity contribution in [3.8, 4) is 11.8 Å². The second-order valence-corrected chi connectivity index (χ2v) is 3.77. The highest BCUT2D eigenvalue weighted by atomic mass is 19.1. The Morgan fingerprint density at radius 1 is 1.47 bits per heavy atom. The van der Waals surface area contributed by atoms with Gasteiger partial charge < -0.3 is 9.84 Å². The maximum Gasteiger partial charge on any atom is 0.123 e. The molecule has 0 aromatic heterocycles. The molecule has 0 amide bonds. The topological polar surface area (TPSA) is 56.5 Å². The molecule has 4 nitrogen and oxygen atoms in total. The number of aliphatic hydroxyl groups excluding tert-OH is 1. The van der Waals surface area contributed by atoms with Crippen molar-refractivity contribution in [3.05, 3.63) is 30.1 Å². The first-order chi connectivity index (χ1) is 8.11. The molecule has 0 aliphatic rings. The third-order valence-corrected chi connectivity index (χ3v) is 2.12. The molecule has 17 heavy (non-hydrogen) atoms. The average Bonchev–Trinajstić information content (AvgIpc) is 2.28. The summed E-state index contributed by atoms with van der Waals surface area (Å²) in [6, 6.07) is 7.58. The van der Waals surface area contributed by atoms with E-state index in [4.69, 9.17) is 10.00 Å². The van der Waals surface area contributed by atoms with E-state index < -0.39 is 6.10 Å². The number of likely N-dealkylation sites (N-methyl/N-ethyl adjacent to an activating group) is 1. The molecule has 1 aromatic rings. The van der Waals surface area contributed by atoms with E-state index in [0.717, 1.165) is 0 Å². The van der Waals surface area contributed by atoms with Crippen molar-refractivity contribution >= 4 is 0 Å². The number of benzene rings is 1. The molecule has 0 fully saturated rings. The third-order valence-electron chi connectivity index (χ3n) is 2.12. The number of aliphatic hydroxyl groups is 1. The molecular weight excluding hydrogens is 223 g/mol. The van der Waals surface area contributed by atoms with Crippen LogP contribution >= 0.6 is 0 Å². The third kappa shape index (κ3) is 5.29. The summed E-state index contributed by atoms with van der Waals surface area (Å²) < 4.78 is 17.9. The van der Waals surface area contributed by atoms with E-state index in [-0.39, 0.29) is 19.0 Å². The summed E-state index contributed by atoms with van der Waals surface area (Å²) in [5.74, 6) is 0.181. The van der Waals surface area contributed by atoms with E-state index in [1.54, 1.807) is 11.9 Å². The van der Waals surface area contributed by atoms with E-state index in [2.05, 4.69) is 0 Å². The molecule has 0 spiro atoms. The van der Waals surface area contributed by atoms with Gasteiger partial charge in [-0.05, 0) is 31.3 Å². The number of halogens is 1. The van der Waals surface area contributed by atoms with E-state index in [0.29, 0.717) is 12.3 Å². The Balaban J connectivity index is 2.30. The maximum absolute atomic E-state index is 12.6. The molecule has 1 rings (SSSR count). The molecule has 1 unspecified atom stereocenters. The minimum Gasteiger partial charge on any atom is -0.491 e. The molecule has 0 saturated heterocycles. The number of rotatable bonds is 6.